The second-order valence-electron chi connectivity index (χ2n) is 8.24. The Morgan fingerprint density at radius 2 is 1.97 bits per heavy atom. The van der Waals surface area contributed by atoms with Gasteiger partial charge in [-0.3, -0.25) is 9.78 Å². The predicted octanol–water partition coefficient (Wildman–Crippen LogP) is 2.99. The summed E-state index contributed by atoms with van der Waals surface area (Å²) in [5.74, 6) is 1.34. The van der Waals surface area contributed by atoms with Crippen LogP contribution in [0.15, 0.2) is 30.5 Å². The van der Waals surface area contributed by atoms with Crippen LogP contribution in [0.2, 0.25) is 0 Å². The number of anilines is 1. The first-order valence-electron chi connectivity index (χ1n) is 10.9. The highest BCUT2D eigenvalue weighted by Crippen LogP contribution is 2.24. The lowest BCUT2D eigenvalue weighted by Crippen LogP contribution is -2.38. The van der Waals surface area contributed by atoms with Crippen molar-refractivity contribution in [3.63, 3.8) is 0 Å². The van der Waals surface area contributed by atoms with Crippen molar-refractivity contribution < 1.29 is 27.5 Å². The van der Waals surface area contributed by atoms with Gasteiger partial charge in [-0.2, -0.15) is 13.2 Å². The van der Waals surface area contributed by atoms with Crippen molar-refractivity contribution in [1.82, 2.24) is 29.6 Å². The minimum atomic E-state index is -4.60. The number of pyridine rings is 2. The highest BCUT2D eigenvalue weighted by molar-refractivity contribution is 6.02. The number of hydrogen-bond donors (Lipinski definition) is 1. The van der Waals surface area contributed by atoms with Crippen molar-refractivity contribution in [2.75, 3.05) is 18.5 Å². The summed E-state index contributed by atoms with van der Waals surface area (Å²) in [6.07, 6.45) is -1.88. The number of carbonyl (C=O) groups excluding carboxylic acids is 2. The number of fused-ring (bicyclic) bond motifs is 2. The normalized spacial score (nSPS) is 14.9. The summed E-state index contributed by atoms with van der Waals surface area (Å²) in [6, 6.07) is 6.69. The van der Waals surface area contributed by atoms with E-state index >= 15 is 0 Å². The maximum atomic E-state index is 12.8. The quantitative estimate of drug-likeness (QED) is 0.602. The molecule has 0 radical (unpaired) electrons. The first-order chi connectivity index (χ1) is 16.8. The van der Waals surface area contributed by atoms with Gasteiger partial charge in [0.25, 0.3) is 5.91 Å². The van der Waals surface area contributed by atoms with E-state index in [1.165, 1.54) is 12.3 Å². The molecule has 0 spiro atoms. The van der Waals surface area contributed by atoms with Gasteiger partial charge < -0.3 is 19.5 Å². The van der Waals surface area contributed by atoms with Crippen molar-refractivity contribution in [2.45, 2.75) is 38.5 Å². The zero-order valence-electron chi connectivity index (χ0n) is 18.4. The molecule has 0 saturated carbocycles. The first-order valence-corrected chi connectivity index (χ1v) is 10.9. The molecule has 2 amide bonds. The van der Waals surface area contributed by atoms with Crippen LogP contribution in [0.3, 0.4) is 0 Å². The van der Waals surface area contributed by atoms with E-state index in [-0.39, 0.29) is 18.8 Å². The van der Waals surface area contributed by atoms with Gasteiger partial charge >= 0.3 is 12.3 Å². The second-order valence-corrected chi connectivity index (χ2v) is 8.24. The number of amides is 2. The maximum Gasteiger partial charge on any atom is 0.422 e. The number of halogens is 3. The summed E-state index contributed by atoms with van der Waals surface area (Å²) in [5, 5.41) is 11.1. The lowest BCUT2D eigenvalue weighted by atomic mass is 10.0. The third-order valence-corrected chi connectivity index (χ3v) is 5.77. The number of ether oxygens (including phenoxy) is 1. The number of hydrogen-bond acceptors (Lipinski definition) is 7. The molecular weight excluding hydrogens is 467 g/mol. The van der Waals surface area contributed by atoms with Crippen LogP contribution in [0, 0.1) is 0 Å². The molecule has 0 fully saturated rings. The van der Waals surface area contributed by atoms with E-state index in [4.69, 9.17) is 0 Å². The van der Waals surface area contributed by atoms with Crippen molar-refractivity contribution in [3.8, 4) is 11.5 Å². The third-order valence-electron chi connectivity index (χ3n) is 5.77. The van der Waals surface area contributed by atoms with Crippen LogP contribution in [0.1, 0.15) is 33.9 Å². The van der Waals surface area contributed by atoms with Crippen molar-refractivity contribution in [1.29, 1.82) is 0 Å². The molecule has 0 atom stereocenters. The highest BCUT2D eigenvalue weighted by Gasteiger charge is 2.32. The second kappa shape index (κ2) is 8.96. The molecule has 2 aliphatic heterocycles. The van der Waals surface area contributed by atoms with Crippen molar-refractivity contribution in [3.05, 3.63) is 53.1 Å². The van der Waals surface area contributed by atoms with Gasteiger partial charge in [0.15, 0.2) is 12.4 Å². The van der Waals surface area contributed by atoms with Crippen LogP contribution in [0.25, 0.3) is 11.5 Å². The average Bonchev–Trinajstić information content (AvgIpc) is 3.46. The Hall–Kier alpha value is -4.03. The Labute approximate surface area is 197 Å². The number of alkyl halides is 3. The van der Waals surface area contributed by atoms with Gasteiger partial charge in [-0.15, -0.1) is 10.2 Å². The van der Waals surface area contributed by atoms with Crippen molar-refractivity contribution >= 4 is 17.8 Å². The summed E-state index contributed by atoms with van der Waals surface area (Å²) >= 11 is 0. The van der Waals surface area contributed by atoms with Gasteiger partial charge in [-0.05, 0) is 42.2 Å². The molecule has 0 saturated heterocycles. The fourth-order valence-corrected chi connectivity index (χ4v) is 4.10. The molecule has 5 heterocycles. The predicted molar refractivity (Wildman–Crippen MR) is 115 cm³/mol. The number of nitrogens with zero attached hydrogens (tertiary/aromatic N) is 6. The molecule has 0 aliphatic carbocycles. The van der Waals surface area contributed by atoms with E-state index in [1.807, 2.05) is 4.57 Å². The molecular formula is C22H20F3N7O3. The lowest BCUT2D eigenvalue weighted by molar-refractivity contribution is -0.162. The Morgan fingerprint density at radius 1 is 1.11 bits per heavy atom. The topological polar surface area (TPSA) is 115 Å². The minimum Gasteiger partial charge on any atom is -0.440 e. The molecule has 35 heavy (non-hydrogen) atoms. The summed E-state index contributed by atoms with van der Waals surface area (Å²) < 4.78 is 43.4. The number of aryl methyl sites for hydroxylation is 1. The summed E-state index contributed by atoms with van der Waals surface area (Å²) in [5.41, 5.74) is 2.09. The molecule has 182 valence electrons. The van der Waals surface area contributed by atoms with Gasteiger partial charge in [0.05, 0.1) is 0 Å². The molecule has 0 unspecified atom stereocenters. The first kappa shape index (κ1) is 22.7. The summed E-state index contributed by atoms with van der Waals surface area (Å²) in [6.45, 7) is -0.626. The van der Waals surface area contributed by atoms with Crippen LogP contribution in [-0.2, 0) is 30.7 Å². The van der Waals surface area contributed by atoms with Crippen LogP contribution in [-0.4, -0.2) is 61.0 Å². The van der Waals surface area contributed by atoms with Gasteiger partial charge in [-0.25, -0.2) is 9.78 Å². The number of nitrogens with one attached hydrogen (secondary N) is 1. The maximum absolute atomic E-state index is 12.8. The largest absolute Gasteiger partial charge is 0.440 e. The van der Waals surface area contributed by atoms with E-state index in [1.54, 1.807) is 18.2 Å². The minimum absolute atomic E-state index is 0.0144. The van der Waals surface area contributed by atoms with Gasteiger partial charge in [-0.1, -0.05) is 6.07 Å². The van der Waals surface area contributed by atoms with E-state index in [2.05, 4.69) is 30.2 Å². The standard InChI is InChI=1S/C22H20F3N7O3/c23-22(24,25)12-35-21(34)31-8-6-13-10-26-16(9-14(13)11-31)20(33)28-17-4-1-3-15(27-17)19-30-29-18-5-2-7-32(18)19/h1,3-4,9-10H,2,5-8,11-12H2,(H,27,28,33). The van der Waals surface area contributed by atoms with E-state index in [0.717, 1.165) is 35.7 Å². The molecule has 3 aromatic rings. The Kier molecular flexibility index (Phi) is 5.83. The number of carbonyl (C=O) groups is 2. The monoisotopic (exact) mass is 487 g/mol. The molecule has 3 aromatic heterocycles. The van der Waals surface area contributed by atoms with Crippen LogP contribution < -0.4 is 5.32 Å². The SMILES string of the molecule is O=C(Nc1cccc(-c2nnc3n2CCC3)n1)c1cc2c(cn1)CCN(C(=O)OCC(F)(F)F)C2. The summed E-state index contributed by atoms with van der Waals surface area (Å²) in [7, 11) is 0. The molecule has 2 aliphatic rings. The molecule has 0 bridgehead atoms. The molecule has 0 aromatic carbocycles. The van der Waals surface area contributed by atoms with Gasteiger partial charge in [0.2, 0.25) is 0 Å². The number of aromatic nitrogens is 5. The highest BCUT2D eigenvalue weighted by atomic mass is 19.4. The van der Waals surface area contributed by atoms with E-state index in [9.17, 15) is 22.8 Å². The van der Waals surface area contributed by atoms with Crippen LogP contribution in [0.4, 0.5) is 23.8 Å². The lowest BCUT2D eigenvalue weighted by Gasteiger charge is -2.28. The fourth-order valence-electron chi connectivity index (χ4n) is 4.10. The zero-order chi connectivity index (χ0) is 24.6. The molecule has 10 nitrogen and oxygen atoms in total. The third kappa shape index (κ3) is 4.93. The number of rotatable bonds is 4. The van der Waals surface area contributed by atoms with Gasteiger partial charge in [0.1, 0.15) is 23.0 Å². The fraction of sp³-hybridized carbons (Fsp3) is 0.364. The smallest absolute Gasteiger partial charge is 0.422 e. The Bertz CT molecular complexity index is 1290. The van der Waals surface area contributed by atoms with E-state index < -0.39 is 24.8 Å². The molecule has 13 heteroatoms. The Balaban J connectivity index is 1.28. The molecule has 1 N–H and O–H groups in total. The zero-order valence-corrected chi connectivity index (χ0v) is 18.4. The van der Waals surface area contributed by atoms with Crippen LogP contribution in [0.5, 0.6) is 0 Å². The summed E-state index contributed by atoms with van der Waals surface area (Å²) in [4.78, 5) is 34.7. The molecule has 5 rings (SSSR count). The average molecular weight is 487 g/mol. The van der Waals surface area contributed by atoms with Gasteiger partial charge in [0, 0.05) is 32.3 Å². The van der Waals surface area contributed by atoms with E-state index in [0.29, 0.717) is 29.3 Å². The Morgan fingerprint density at radius 3 is 2.80 bits per heavy atom. The van der Waals surface area contributed by atoms with Crippen molar-refractivity contribution in [2.24, 2.45) is 0 Å². The van der Waals surface area contributed by atoms with Crippen LogP contribution >= 0.6 is 0 Å².